The number of aromatic nitrogens is 2. The highest BCUT2D eigenvalue weighted by molar-refractivity contribution is 5.99. The second-order valence-electron chi connectivity index (χ2n) is 4.57. The molecule has 0 saturated heterocycles. The van der Waals surface area contributed by atoms with Gasteiger partial charge in [0.2, 0.25) is 5.91 Å². The minimum Gasteiger partial charge on any atom is -0.388 e. The van der Waals surface area contributed by atoms with Crippen LogP contribution in [0, 0.1) is 6.92 Å². The van der Waals surface area contributed by atoms with Crippen LogP contribution in [0.5, 0.6) is 0 Å². The second-order valence-corrected chi connectivity index (χ2v) is 4.57. The molecule has 0 unspecified atom stereocenters. The molecule has 5 nitrogen and oxygen atoms in total. The van der Waals surface area contributed by atoms with Gasteiger partial charge in [0, 0.05) is 16.9 Å². The fourth-order valence-electron chi connectivity index (χ4n) is 2.24. The Morgan fingerprint density at radius 1 is 1.32 bits per heavy atom. The SMILES string of the molecule is Cc1cc(-c2ccc3c(c2)CC(=O)N3)nc(CO)n1. The molecular formula is C14H13N3O2. The Morgan fingerprint density at radius 3 is 2.95 bits per heavy atom. The highest BCUT2D eigenvalue weighted by Crippen LogP contribution is 2.28. The van der Waals surface area contributed by atoms with Crippen molar-refractivity contribution in [2.24, 2.45) is 0 Å². The first-order chi connectivity index (χ1) is 9.15. The third kappa shape index (κ3) is 2.20. The van der Waals surface area contributed by atoms with Crippen molar-refractivity contribution in [1.29, 1.82) is 0 Å². The summed E-state index contributed by atoms with van der Waals surface area (Å²) in [6, 6.07) is 7.61. The number of carbonyl (C=O) groups excluding carboxylic acids is 1. The standard InChI is InChI=1S/C14H13N3O2/c1-8-4-12(16-13(7-18)15-8)9-2-3-11-10(5-9)6-14(19)17-11/h2-5,18H,6-7H2,1H3,(H,17,19). The Labute approximate surface area is 110 Å². The lowest BCUT2D eigenvalue weighted by molar-refractivity contribution is -0.115. The Bertz CT molecular complexity index is 668. The van der Waals surface area contributed by atoms with Crippen molar-refractivity contribution >= 4 is 11.6 Å². The van der Waals surface area contributed by atoms with Crippen LogP contribution in [-0.4, -0.2) is 21.0 Å². The zero-order valence-electron chi connectivity index (χ0n) is 10.5. The summed E-state index contributed by atoms with van der Waals surface area (Å²) in [5, 5.41) is 11.9. The summed E-state index contributed by atoms with van der Waals surface area (Å²) in [6.07, 6.45) is 0.403. The number of fused-ring (bicyclic) bond motifs is 1. The van der Waals surface area contributed by atoms with Gasteiger partial charge in [-0.05, 0) is 30.7 Å². The average molecular weight is 255 g/mol. The molecule has 2 heterocycles. The lowest BCUT2D eigenvalue weighted by Gasteiger charge is -2.06. The number of aliphatic hydroxyl groups excluding tert-OH is 1. The van der Waals surface area contributed by atoms with Gasteiger partial charge in [-0.3, -0.25) is 4.79 Å². The van der Waals surface area contributed by atoms with E-state index < -0.39 is 0 Å². The molecule has 1 aromatic heterocycles. The number of aliphatic hydroxyl groups is 1. The summed E-state index contributed by atoms with van der Waals surface area (Å²) >= 11 is 0. The van der Waals surface area contributed by atoms with E-state index in [1.54, 1.807) is 0 Å². The predicted octanol–water partition coefficient (Wildman–Crippen LogP) is 1.44. The van der Waals surface area contributed by atoms with E-state index in [9.17, 15) is 4.79 Å². The Hall–Kier alpha value is -2.27. The number of nitrogens with zero attached hydrogens (tertiary/aromatic N) is 2. The summed E-state index contributed by atoms with van der Waals surface area (Å²) in [7, 11) is 0. The van der Waals surface area contributed by atoms with Crippen molar-refractivity contribution < 1.29 is 9.90 Å². The van der Waals surface area contributed by atoms with E-state index in [4.69, 9.17) is 5.11 Å². The van der Waals surface area contributed by atoms with E-state index in [-0.39, 0.29) is 12.5 Å². The van der Waals surface area contributed by atoms with Crippen LogP contribution < -0.4 is 5.32 Å². The number of carbonyl (C=O) groups is 1. The van der Waals surface area contributed by atoms with E-state index in [0.29, 0.717) is 12.2 Å². The maximum Gasteiger partial charge on any atom is 0.228 e. The van der Waals surface area contributed by atoms with Gasteiger partial charge in [0.15, 0.2) is 5.82 Å². The van der Waals surface area contributed by atoms with E-state index in [0.717, 1.165) is 28.2 Å². The third-order valence-corrected chi connectivity index (χ3v) is 3.07. The van der Waals surface area contributed by atoms with Crippen molar-refractivity contribution in [2.75, 3.05) is 5.32 Å². The fraction of sp³-hybridized carbons (Fsp3) is 0.214. The molecule has 0 radical (unpaired) electrons. The monoisotopic (exact) mass is 255 g/mol. The van der Waals surface area contributed by atoms with Crippen LogP contribution in [0.15, 0.2) is 24.3 Å². The maximum absolute atomic E-state index is 11.3. The smallest absolute Gasteiger partial charge is 0.228 e. The summed E-state index contributed by atoms with van der Waals surface area (Å²) in [4.78, 5) is 19.8. The summed E-state index contributed by atoms with van der Waals surface area (Å²) in [6.45, 7) is 1.68. The van der Waals surface area contributed by atoms with E-state index in [2.05, 4.69) is 15.3 Å². The number of rotatable bonds is 2. The van der Waals surface area contributed by atoms with Crippen molar-refractivity contribution in [3.63, 3.8) is 0 Å². The molecule has 1 aromatic carbocycles. The minimum absolute atomic E-state index is 0.0158. The molecule has 0 aliphatic carbocycles. The predicted molar refractivity (Wildman–Crippen MR) is 70.5 cm³/mol. The van der Waals surface area contributed by atoms with E-state index >= 15 is 0 Å². The molecule has 1 aliphatic heterocycles. The maximum atomic E-state index is 11.3. The first-order valence-electron chi connectivity index (χ1n) is 6.04. The Balaban J connectivity index is 2.06. The normalized spacial score (nSPS) is 13.3. The zero-order valence-corrected chi connectivity index (χ0v) is 10.5. The van der Waals surface area contributed by atoms with Crippen LogP contribution in [0.3, 0.4) is 0 Å². The molecular weight excluding hydrogens is 242 g/mol. The highest BCUT2D eigenvalue weighted by atomic mass is 16.3. The molecule has 2 N–H and O–H groups in total. The number of nitrogens with one attached hydrogen (secondary N) is 1. The van der Waals surface area contributed by atoms with Gasteiger partial charge in [0.1, 0.15) is 6.61 Å². The van der Waals surface area contributed by atoms with Crippen LogP contribution in [0.2, 0.25) is 0 Å². The van der Waals surface area contributed by atoms with Gasteiger partial charge in [0.25, 0.3) is 0 Å². The summed E-state index contributed by atoms with van der Waals surface area (Å²) in [5.41, 5.74) is 4.34. The largest absolute Gasteiger partial charge is 0.388 e. The molecule has 0 spiro atoms. The van der Waals surface area contributed by atoms with Gasteiger partial charge in [-0.15, -0.1) is 0 Å². The minimum atomic E-state index is -0.181. The van der Waals surface area contributed by atoms with Crippen molar-refractivity contribution in [3.05, 3.63) is 41.3 Å². The van der Waals surface area contributed by atoms with Crippen molar-refractivity contribution in [1.82, 2.24) is 9.97 Å². The summed E-state index contributed by atoms with van der Waals surface area (Å²) in [5.74, 6) is 0.423. The van der Waals surface area contributed by atoms with Crippen LogP contribution >= 0.6 is 0 Å². The number of anilines is 1. The molecule has 1 amide bonds. The molecule has 0 saturated carbocycles. The molecule has 0 atom stereocenters. The lowest BCUT2D eigenvalue weighted by atomic mass is 10.1. The molecule has 5 heteroatoms. The van der Waals surface area contributed by atoms with Crippen LogP contribution in [0.4, 0.5) is 5.69 Å². The number of benzene rings is 1. The van der Waals surface area contributed by atoms with E-state index in [1.807, 2.05) is 31.2 Å². The average Bonchev–Trinajstić information content (AvgIpc) is 2.76. The van der Waals surface area contributed by atoms with Gasteiger partial charge in [-0.2, -0.15) is 0 Å². The van der Waals surface area contributed by atoms with Gasteiger partial charge in [0.05, 0.1) is 12.1 Å². The quantitative estimate of drug-likeness (QED) is 0.851. The lowest BCUT2D eigenvalue weighted by Crippen LogP contribution is -2.03. The topological polar surface area (TPSA) is 75.1 Å². The van der Waals surface area contributed by atoms with Crippen LogP contribution in [0.25, 0.3) is 11.3 Å². The number of hydrogen-bond donors (Lipinski definition) is 2. The highest BCUT2D eigenvalue weighted by Gasteiger charge is 2.18. The van der Waals surface area contributed by atoms with Gasteiger partial charge in [-0.1, -0.05) is 6.07 Å². The van der Waals surface area contributed by atoms with Gasteiger partial charge >= 0.3 is 0 Å². The summed E-state index contributed by atoms with van der Waals surface area (Å²) < 4.78 is 0. The number of aryl methyl sites for hydroxylation is 1. The van der Waals surface area contributed by atoms with E-state index in [1.165, 1.54) is 0 Å². The third-order valence-electron chi connectivity index (χ3n) is 3.07. The Morgan fingerprint density at radius 2 is 2.16 bits per heavy atom. The molecule has 0 bridgehead atoms. The molecule has 19 heavy (non-hydrogen) atoms. The second kappa shape index (κ2) is 4.44. The molecule has 2 aromatic rings. The number of amides is 1. The van der Waals surface area contributed by atoms with Crippen molar-refractivity contribution in [3.8, 4) is 11.3 Å². The zero-order chi connectivity index (χ0) is 13.4. The number of hydrogen-bond acceptors (Lipinski definition) is 4. The fourth-order valence-corrected chi connectivity index (χ4v) is 2.24. The van der Waals surface area contributed by atoms with Gasteiger partial charge < -0.3 is 10.4 Å². The first-order valence-corrected chi connectivity index (χ1v) is 6.04. The first kappa shape index (κ1) is 11.8. The molecule has 1 aliphatic rings. The Kier molecular flexibility index (Phi) is 2.76. The van der Waals surface area contributed by atoms with Crippen molar-refractivity contribution in [2.45, 2.75) is 20.0 Å². The van der Waals surface area contributed by atoms with Crippen LogP contribution in [0.1, 0.15) is 17.1 Å². The van der Waals surface area contributed by atoms with Gasteiger partial charge in [-0.25, -0.2) is 9.97 Å². The molecule has 3 rings (SSSR count). The van der Waals surface area contributed by atoms with Crippen LogP contribution in [-0.2, 0) is 17.8 Å². The molecule has 96 valence electrons. The molecule has 0 fully saturated rings.